The van der Waals surface area contributed by atoms with Crippen LogP contribution in [0.1, 0.15) is 47.1 Å². The van der Waals surface area contributed by atoms with Gasteiger partial charge in [0.25, 0.3) is 0 Å². The molecule has 0 aliphatic carbocycles. The highest BCUT2D eigenvalue weighted by Crippen LogP contribution is 2.26. The number of Topliss-reactive ketones (excluding diaryl/α,β-unsaturated/α-hetero) is 1. The summed E-state index contributed by atoms with van der Waals surface area (Å²) in [6, 6.07) is 0. The second-order valence-electron chi connectivity index (χ2n) is 5.61. The molecule has 0 saturated carbocycles. The van der Waals surface area contributed by atoms with Gasteiger partial charge in [-0.1, -0.05) is 13.8 Å². The zero-order chi connectivity index (χ0) is 14.0. The van der Waals surface area contributed by atoms with Gasteiger partial charge >= 0.3 is 0 Å². The molecule has 0 N–H and O–H groups in total. The van der Waals surface area contributed by atoms with E-state index in [2.05, 4.69) is 35.7 Å². The lowest BCUT2D eigenvalue weighted by molar-refractivity contribution is 0.102. The number of nitrogens with zero attached hydrogens (tertiary/aromatic N) is 3. The standard InChI is InChI=1S/C14H23N3OS/c1-10(2)13-14(11(3)18)19-12(15-13)9-17-7-5-16(4)6-8-17/h10H,5-9H2,1-4H3. The van der Waals surface area contributed by atoms with Gasteiger partial charge in [-0.05, 0) is 13.0 Å². The van der Waals surface area contributed by atoms with Crippen molar-refractivity contribution >= 4 is 17.1 Å². The molecule has 0 atom stereocenters. The minimum atomic E-state index is 0.144. The molecule has 1 aliphatic rings. The predicted molar refractivity (Wildman–Crippen MR) is 79.0 cm³/mol. The quantitative estimate of drug-likeness (QED) is 0.793. The molecule has 1 saturated heterocycles. The van der Waals surface area contributed by atoms with Gasteiger partial charge in [0.1, 0.15) is 5.01 Å². The van der Waals surface area contributed by atoms with E-state index < -0.39 is 0 Å². The van der Waals surface area contributed by atoms with Gasteiger partial charge in [-0.25, -0.2) is 4.98 Å². The van der Waals surface area contributed by atoms with Gasteiger partial charge in [0.05, 0.1) is 17.1 Å². The van der Waals surface area contributed by atoms with Crippen LogP contribution in [0.15, 0.2) is 0 Å². The molecule has 106 valence electrons. The summed E-state index contributed by atoms with van der Waals surface area (Å²) in [4.78, 5) is 22.0. The highest BCUT2D eigenvalue weighted by molar-refractivity contribution is 7.13. The van der Waals surface area contributed by atoms with Crippen LogP contribution in [0.4, 0.5) is 0 Å². The Bertz CT molecular complexity index is 448. The van der Waals surface area contributed by atoms with Crippen LogP contribution < -0.4 is 0 Å². The summed E-state index contributed by atoms with van der Waals surface area (Å²) in [7, 11) is 2.16. The van der Waals surface area contributed by atoms with E-state index in [4.69, 9.17) is 0 Å². The molecule has 2 rings (SSSR count). The van der Waals surface area contributed by atoms with Crippen LogP contribution in [-0.4, -0.2) is 53.8 Å². The summed E-state index contributed by atoms with van der Waals surface area (Å²) in [5.74, 6) is 0.460. The molecule has 1 fully saturated rings. The van der Waals surface area contributed by atoms with Crippen LogP contribution in [0.2, 0.25) is 0 Å². The first-order valence-corrected chi connectivity index (χ1v) is 7.70. The normalized spacial score (nSPS) is 18.2. The summed E-state index contributed by atoms with van der Waals surface area (Å²) in [6.45, 7) is 11.1. The number of ketones is 1. The van der Waals surface area contributed by atoms with Gasteiger partial charge < -0.3 is 4.90 Å². The minimum absolute atomic E-state index is 0.144. The average molecular weight is 281 g/mol. The minimum Gasteiger partial charge on any atom is -0.304 e. The molecule has 19 heavy (non-hydrogen) atoms. The van der Waals surface area contributed by atoms with E-state index in [0.29, 0.717) is 5.92 Å². The molecule has 1 aliphatic heterocycles. The number of aromatic nitrogens is 1. The third-order valence-corrected chi connectivity index (χ3v) is 4.68. The summed E-state index contributed by atoms with van der Waals surface area (Å²) < 4.78 is 0. The zero-order valence-corrected chi connectivity index (χ0v) is 13.1. The smallest absolute Gasteiger partial charge is 0.171 e. The number of carbonyl (C=O) groups is 1. The Kier molecular flexibility index (Phi) is 4.71. The van der Waals surface area contributed by atoms with Crippen LogP contribution in [0.25, 0.3) is 0 Å². The van der Waals surface area contributed by atoms with Crippen molar-refractivity contribution in [3.05, 3.63) is 15.6 Å². The van der Waals surface area contributed by atoms with Crippen molar-refractivity contribution < 1.29 is 4.79 Å². The fourth-order valence-electron chi connectivity index (χ4n) is 2.29. The topological polar surface area (TPSA) is 36.4 Å². The van der Waals surface area contributed by atoms with E-state index in [9.17, 15) is 4.79 Å². The van der Waals surface area contributed by atoms with Gasteiger partial charge in [-0.15, -0.1) is 11.3 Å². The van der Waals surface area contributed by atoms with Gasteiger partial charge in [0, 0.05) is 33.1 Å². The molecular weight excluding hydrogens is 258 g/mol. The molecule has 1 aromatic heterocycles. The van der Waals surface area contributed by atoms with E-state index in [1.54, 1.807) is 18.3 Å². The summed E-state index contributed by atoms with van der Waals surface area (Å²) in [5.41, 5.74) is 0.974. The number of hydrogen-bond acceptors (Lipinski definition) is 5. The number of piperazine rings is 1. The molecule has 4 nitrogen and oxygen atoms in total. The van der Waals surface area contributed by atoms with Gasteiger partial charge in [-0.3, -0.25) is 9.69 Å². The molecule has 2 heterocycles. The molecule has 1 aromatic rings. The van der Waals surface area contributed by atoms with E-state index >= 15 is 0 Å². The van der Waals surface area contributed by atoms with Crippen molar-refractivity contribution in [2.45, 2.75) is 33.2 Å². The van der Waals surface area contributed by atoms with Crippen LogP contribution in [-0.2, 0) is 6.54 Å². The number of thiazole rings is 1. The van der Waals surface area contributed by atoms with Crippen molar-refractivity contribution in [3.8, 4) is 0 Å². The maximum absolute atomic E-state index is 11.7. The number of rotatable bonds is 4. The Balaban J connectivity index is 2.08. The fraction of sp³-hybridized carbons (Fsp3) is 0.714. The van der Waals surface area contributed by atoms with Crippen molar-refractivity contribution in [1.82, 2.24) is 14.8 Å². The predicted octanol–water partition coefficient (Wildman–Crippen LogP) is 2.22. The first kappa shape index (κ1) is 14.6. The van der Waals surface area contributed by atoms with Gasteiger partial charge in [0.15, 0.2) is 5.78 Å². The fourth-order valence-corrected chi connectivity index (χ4v) is 3.44. The first-order chi connectivity index (χ1) is 8.97. The SMILES string of the molecule is CC(=O)c1sc(CN2CCN(C)CC2)nc1C(C)C. The molecule has 5 heteroatoms. The lowest BCUT2D eigenvalue weighted by Crippen LogP contribution is -2.43. The van der Waals surface area contributed by atoms with Crippen molar-refractivity contribution in [1.29, 1.82) is 0 Å². The van der Waals surface area contributed by atoms with Gasteiger partial charge in [0.2, 0.25) is 0 Å². The highest BCUT2D eigenvalue weighted by Gasteiger charge is 2.20. The summed E-state index contributed by atoms with van der Waals surface area (Å²) >= 11 is 1.57. The Morgan fingerprint density at radius 3 is 2.42 bits per heavy atom. The van der Waals surface area contributed by atoms with Crippen LogP contribution in [0.3, 0.4) is 0 Å². The van der Waals surface area contributed by atoms with Gasteiger partial charge in [-0.2, -0.15) is 0 Å². The second kappa shape index (κ2) is 6.11. The van der Waals surface area contributed by atoms with E-state index in [1.165, 1.54) is 0 Å². The Morgan fingerprint density at radius 1 is 1.32 bits per heavy atom. The number of likely N-dealkylation sites (N-methyl/N-ethyl adjacent to an activating group) is 1. The van der Waals surface area contributed by atoms with Crippen molar-refractivity contribution in [3.63, 3.8) is 0 Å². The second-order valence-corrected chi connectivity index (χ2v) is 6.70. The van der Waals surface area contributed by atoms with E-state index in [1.807, 2.05) is 0 Å². The zero-order valence-electron chi connectivity index (χ0n) is 12.3. The Morgan fingerprint density at radius 2 is 1.95 bits per heavy atom. The monoisotopic (exact) mass is 281 g/mol. The lowest BCUT2D eigenvalue weighted by Gasteiger charge is -2.31. The third kappa shape index (κ3) is 3.61. The van der Waals surface area contributed by atoms with E-state index in [0.717, 1.165) is 48.3 Å². The van der Waals surface area contributed by atoms with E-state index in [-0.39, 0.29) is 5.78 Å². The van der Waals surface area contributed by atoms with Crippen LogP contribution in [0, 0.1) is 0 Å². The number of carbonyl (C=O) groups excluding carboxylic acids is 1. The largest absolute Gasteiger partial charge is 0.304 e. The Labute approximate surface area is 119 Å². The molecule has 0 aromatic carbocycles. The van der Waals surface area contributed by atoms with Crippen molar-refractivity contribution in [2.75, 3.05) is 33.2 Å². The highest BCUT2D eigenvalue weighted by atomic mass is 32.1. The molecule has 0 radical (unpaired) electrons. The van der Waals surface area contributed by atoms with Crippen LogP contribution >= 0.6 is 11.3 Å². The van der Waals surface area contributed by atoms with Crippen LogP contribution in [0.5, 0.6) is 0 Å². The lowest BCUT2D eigenvalue weighted by atomic mass is 10.1. The number of hydrogen-bond donors (Lipinski definition) is 0. The first-order valence-electron chi connectivity index (χ1n) is 6.88. The average Bonchev–Trinajstić information content (AvgIpc) is 2.76. The summed E-state index contributed by atoms with van der Waals surface area (Å²) in [5, 5.41) is 1.08. The Hall–Kier alpha value is -0.780. The maximum Gasteiger partial charge on any atom is 0.171 e. The molecular formula is C14H23N3OS. The summed E-state index contributed by atoms with van der Waals surface area (Å²) in [6.07, 6.45) is 0. The third-order valence-electron chi connectivity index (χ3n) is 3.52. The molecule has 0 bridgehead atoms. The molecule has 0 amide bonds. The maximum atomic E-state index is 11.7. The molecule has 0 unspecified atom stereocenters. The van der Waals surface area contributed by atoms with Crippen molar-refractivity contribution in [2.24, 2.45) is 0 Å². The molecule has 0 spiro atoms.